The van der Waals surface area contributed by atoms with Crippen molar-refractivity contribution in [1.29, 1.82) is 0 Å². The Kier molecular flexibility index (Phi) is 6.13. The van der Waals surface area contributed by atoms with E-state index in [-0.39, 0.29) is 18.2 Å². The Bertz CT molecular complexity index is 837. The molecule has 1 fully saturated rings. The zero-order valence-corrected chi connectivity index (χ0v) is 16.0. The van der Waals surface area contributed by atoms with Gasteiger partial charge in [0.2, 0.25) is 11.8 Å². The maximum Gasteiger partial charge on any atom is 0.242 e. The van der Waals surface area contributed by atoms with Crippen molar-refractivity contribution < 1.29 is 14.3 Å². The van der Waals surface area contributed by atoms with Crippen LogP contribution < -0.4 is 10.1 Å². The summed E-state index contributed by atoms with van der Waals surface area (Å²) in [6.45, 7) is 2.41. The van der Waals surface area contributed by atoms with E-state index in [1.807, 2.05) is 61.5 Å². The summed E-state index contributed by atoms with van der Waals surface area (Å²) in [6, 6.07) is 16.5. The smallest absolute Gasteiger partial charge is 0.242 e. The molecule has 1 atom stereocenters. The molecule has 1 saturated heterocycles. The van der Waals surface area contributed by atoms with Gasteiger partial charge >= 0.3 is 0 Å². The lowest BCUT2D eigenvalue weighted by molar-refractivity contribution is -0.128. The topological polar surface area (TPSA) is 71.0 Å². The molecule has 1 heterocycles. The minimum absolute atomic E-state index is 0.0852. The van der Waals surface area contributed by atoms with Crippen molar-refractivity contribution >= 4 is 40.1 Å². The largest absolute Gasteiger partial charge is 0.497 e. The van der Waals surface area contributed by atoms with Crippen LogP contribution in [0.3, 0.4) is 0 Å². The van der Waals surface area contributed by atoms with Crippen molar-refractivity contribution in [2.45, 2.75) is 18.6 Å². The second-order valence-corrected chi connectivity index (χ2v) is 7.07. The van der Waals surface area contributed by atoms with Gasteiger partial charge in [-0.1, -0.05) is 30.0 Å². The first-order valence-electron chi connectivity index (χ1n) is 8.66. The Labute approximate surface area is 162 Å². The molecule has 3 rings (SSSR count). The Hall–Kier alpha value is -2.80. The number of amides is 2. The van der Waals surface area contributed by atoms with Crippen molar-refractivity contribution in [1.82, 2.24) is 4.90 Å². The van der Waals surface area contributed by atoms with E-state index in [0.29, 0.717) is 11.7 Å². The minimum Gasteiger partial charge on any atom is -0.497 e. The van der Waals surface area contributed by atoms with E-state index in [4.69, 9.17) is 4.74 Å². The third kappa shape index (κ3) is 4.68. The lowest BCUT2D eigenvalue weighted by Crippen LogP contribution is -2.33. The van der Waals surface area contributed by atoms with Crippen LogP contribution in [-0.2, 0) is 9.59 Å². The molecule has 0 saturated carbocycles. The van der Waals surface area contributed by atoms with E-state index in [9.17, 15) is 9.59 Å². The molecule has 2 amide bonds. The number of nitrogens with one attached hydrogen (secondary N) is 1. The second kappa shape index (κ2) is 8.73. The number of methoxy groups -OCH3 is 1. The molecule has 27 heavy (non-hydrogen) atoms. The zero-order chi connectivity index (χ0) is 19.2. The minimum atomic E-state index is -0.467. The number of para-hydroxylation sites is 1. The number of hydrogen-bond acceptors (Lipinski definition) is 5. The van der Waals surface area contributed by atoms with Crippen LogP contribution in [0, 0.1) is 0 Å². The van der Waals surface area contributed by atoms with Crippen LogP contribution in [0.1, 0.15) is 13.3 Å². The normalized spacial score (nSPS) is 18.0. The van der Waals surface area contributed by atoms with E-state index in [1.165, 1.54) is 11.8 Å². The lowest BCUT2D eigenvalue weighted by Gasteiger charge is -2.13. The molecule has 7 heteroatoms. The predicted octanol–water partition coefficient (Wildman–Crippen LogP) is 3.68. The first-order valence-corrected chi connectivity index (χ1v) is 9.54. The van der Waals surface area contributed by atoms with Crippen LogP contribution in [0.5, 0.6) is 5.75 Å². The van der Waals surface area contributed by atoms with Gasteiger partial charge in [0.25, 0.3) is 0 Å². The highest BCUT2D eigenvalue weighted by atomic mass is 32.2. The standard InChI is InChI=1S/C20H21N3O3S/c1-3-23-19(25)17(13-18(24)21-14-7-5-4-6-8-14)27-20(23)22-15-9-11-16(26-2)12-10-15/h4-12,17H,3,13H2,1-2H3,(H,21,24)/t17-/m0/s1. The number of thioether (sulfide) groups is 1. The van der Waals surface area contributed by atoms with E-state index < -0.39 is 5.25 Å². The van der Waals surface area contributed by atoms with Crippen LogP contribution in [0.25, 0.3) is 0 Å². The molecule has 1 aliphatic heterocycles. The van der Waals surface area contributed by atoms with Crippen LogP contribution in [-0.4, -0.2) is 40.8 Å². The third-order valence-corrected chi connectivity index (χ3v) is 5.24. The Morgan fingerprint density at radius 3 is 2.52 bits per heavy atom. The van der Waals surface area contributed by atoms with Crippen LogP contribution in [0.4, 0.5) is 11.4 Å². The van der Waals surface area contributed by atoms with Gasteiger partial charge in [-0.05, 0) is 43.3 Å². The van der Waals surface area contributed by atoms with Crippen molar-refractivity contribution in [3.63, 3.8) is 0 Å². The van der Waals surface area contributed by atoms with Gasteiger partial charge in [-0.25, -0.2) is 4.99 Å². The summed E-state index contributed by atoms with van der Waals surface area (Å²) in [5, 5.41) is 2.97. The number of nitrogens with zero attached hydrogens (tertiary/aromatic N) is 2. The number of hydrogen-bond donors (Lipinski definition) is 1. The summed E-state index contributed by atoms with van der Waals surface area (Å²) < 4.78 is 5.15. The SMILES string of the molecule is CCN1C(=O)[C@H](CC(=O)Nc2ccccc2)SC1=Nc1ccc(OC)cc1. The maximum absolute atomic E-state index is 12.6. The molecule has 0 unspecified atom stereocenters. The Morgan fingerprint density at radius 2 is 1.89 bits per heavy atom. The summed E-state index contributed by atoms with van der Waals surface area (Å²) in [6.07, 6.45) is 0.108. The fourth-order valence-electron chi connectivity index (χ4n) is 2.69. The molecule has 1 N–H and O–H groups in total. The molecule has 0 spiro atoms. The zero-order valence-electron chi connectivity index (χ0n) is 15.2. The molecule has 0 aliphatic carbocycles. The number of anilines is 1. The van der Waals surface area contributed by atoms with E-state index in [1.54, 1.807) is 12.0 Å². The molecular weight excluding hydrogens is 362 g/mol. The molecule has 0 radical (unpaired) electrons. The number of carbonyl (C=O) groups is 2. The molecule has 140 valence electrons. The number of rotatable bonds is 6. The van der Waals surface area contributed by atoms with E-state index in [2.05, 4.69) is 10.3 Å². The number of aliphatic imine (C=N–C) groups is 1. The van der Waals surface area contributed by atoms with Crippen LogP contribution >= 0.6 is 11.8 Å². The third-order valence-electron chi connectivity index (χ3n) is 4.06. The van der Waals surface area contributed by atoms with Crippen molar-refractivity contribution in [2.75, 3.05) is 19.0 Å². The predicted molar refractivity (Wildman–Crippen MR) is 109 cm³/mol. The molecule has 0 aromatic heterocycles. The van der Waals surface area contributed by atoms with Gasteiger partial charge in [0.15, 0.2) is 5.17 Å². The van der Waals surface area contributed by atoms with Crippen LogP contribution in [0.2, 0.25) is 0 Å². The van der Waals surface area contributed by atoms with Gasteiger partial charge in [0.1, 0.15) is 11.0 Å². The average Bonchev–Trinajstić information content (AvgIpc) is 2.97. The van der Waals surface area contributed by atoms with Gasteiger partial charge in [-0.3, -0.25) is 14.5 Å². The fourth-order valence-corrected chi connectivity index (χ4v) is 3.91. The first-order chi connectivity index (χ1) is 13.1. The van der Waals surface area contributed by atoms with Gasteiger partial charge in [-0.15, -0.1) is 0 Å². The van der Waals surface area contributed by atoms with E-state index in [0.717, 1.165) is 17.1 Å². The molecule has 1 aliphatic rings. The molecule has 0 bridgehead atoms. The number of amidine groups is 1. The maximum atomic E-state index is 12.6. The highest BCUT2D eigenvalue weighted by Crippen LogP contribution is 2.32. The second-order valence-electron chi connectivity index (χ2n) is 5.90. The number of ether oxygens (including phenoxy) is 1. The summed E-state index contributed by atoms with van der Waals surface area (Å²) in [5.41, 5.74) is 1.45. The monoisotopic (exact) mass is 383 g/mol. The van der Waals surface area contributed by atoms with Gasteiger partial charge in [0.05, 0.1) is 12.8 Å². The summed E-state index contributed by atoms with van der Waals surface area (Å²) in [5.74, 6) is 0.476. The quantitative estimate of drug-likeness (QED) is 0.826. The molecular formula is C20H21N3O3S. The molecule has 2 aromatic carbocycles. The van der Waals surface area contributed by atoms with Crippen molar-refractivity contribution in [3.8, 4) is 5.75 Å². The summed E-state index contributed by atoms with van der Waals surface area (Å²) in [4.78, 5) is 31.1. The highest BCUT2D eigenvalue weighted by molar-refractivity contribution is 8.15. The first kappa shape index (κ1) is 19.0. The van der Waals surface area contributed by atoms with Gasteiger partial charge in [0, 0.05) is 18.7 Å². The van der Waals surface area contributed by atoms with Gasteiger partial charge in [-0.2, -0.15) is 0 Å². The van der Waals surface area contributed by atoms with Gasteiger partial charge < -0.3 is 10.1 Å². The molecule has 6 nitrogen and oxygen atoms in total. The summed E-state index contributed by atoms with van der Waals surface area (Å²) >= 11 is 1.33. The Morgan fingerprint density at radius 1 is 1.19 bits per heavy atom. The Balaban J connectivity index is 1.70. The van der Waals surface area contributed by atoms with Crippen molar-refractivity contribution in [2.24, 2.45) is 4.99 Å². The fraction of sp³-hybridized carbons (Fsp3) is 0.250. The average molecular weight is 383 g/mol. The van der Waals surface area contributed by atoms with Crippen LogP contribution in [0.15, 0.2) is 59.6 Å². The number of benzene rings is 2. The van der Waals surface area contributed by atoms with Crippen molar-refractivity contribution in [3.05, 3.63) is 54.6 Å². The highest BCUT2D eigenvalue weighted by Gasteiger charge is 2.38. The molecule has 2 aromatic rings. The van der Waals surface area contributed by atoms with E-state index >= 15 is 0 Å². The number of carbonyl (C=O) groups excluding carboxylic acids is 2. The summed E-state index contributed by atoms with van der Waals surface area (Å²) in [7, 11) is 1.61. The lowest BCUT2D eigenvalue weighted by atomic mass is 10.2.